The lowest BCUT2D eigenvalue weighted by Crippen LogP contribution is -2.21. The van der Waals surface area contributed by atoms with E-state index in [1.165, 1.54) is 5.56 Å². The van der Waals surface area contributed by atoms with Crippen molar-refractivity contribution in [1.29, 1.82) is 0 Å². The molecule has 0 fully saturated rings. The zero-order valence-electron chi connectivity index (χ0n) is 21.5. The molecule has 1 aromatic carbocycles. The van der Waals surface area contributed by atoms with Gasteiger partial charge in [-0.2, -0.15) is 10.2 Å². The van der Waals surface area contributed by atoms with Crippen molar-refractivity contribution in [2.45, 2.75) is 54.4 Å². The minimum Gasteiger partial charge on any atom is -0.421 e. The van der Waals surface area contributed by atoms with Crippen molar-refractivity contribution in [2.24, 2.45) is 16.1 Å². The topological polar surface area (TPSA) is 63.6 Å². The Hall–Kier alpha value is -3.60. The van der Waals surface area contributed by atoms with Gasteiger partial charge < -0.3 is 4.42 Å². The van der Waals surface area contributed by atoms with Crippen LogP contribution in [0.5, 0.6) is 0 Å². The molecule has 2 aromatic rings. The van der Waals surface area contributed by atoms with Gasteiger partial charge in [0, 0.05) is 18.4 Å². The number of aromatic nitrogens is 2. The van der Waals surface area contributed by atoms with Crippen molar-refractivity contribution in [2.75, 3.05) is 0 Å². The van der Waals surface area contributed by atoms with Gasteiger partial charge in [-0.25, -0.2) is 0 Å². The zero-order chi connectivity index (χ0) is 25.5. The van der Waals surface area contributed by atoms with Crippen molar-refractivity contribution in [3.63, 3.8) is 0 Å². The van der Waals surface area contributed by atoms with Gasteiger partial charge in [-0.15, -0.1) is 10.2 Å². The number of allylic oxidation sites excluding steroid dienone is 7. The molecule has 0 saturated heterocycles. The first kappa shape index (κ1) is 28.4. The first-order valence-electron chi connectivity index (χ1n) is 11.8. The Morgan fingerprint density at radius 1 is 1.00 bits per heavy atom. The van der Waals surface area contributed by atoms with E-state index in [-0.39, 0.29) is 5.92 Å². The molecule has 34 heavy (non-hydrogen) atoms. The van der Waals surface area contributed by atoms with Crippen LogP contribution in [-0.4, -0.2) is 21.6 Å². The van der Waals surface area contributed by atoms with E-state index < -0.39 is 0 Å². The van der Waals surface area contributed by atoms with Crippen LogP contribution in [0.3, 0.4) is 0 Å². The summed E-state index contributed by atoms with van der Waals surface area (Å²) in [6.45, 7) is 23.7. The SMILES string of the molecule is C=C/C=C(\C=C)C1=NN=C(C(=C)/C=C\CC)C1CC.CC.Cc1ccc(-c2nnc(C)o2)cc1. The number of benzene rings is 1. The fourth-order valence-electron chi connectivity index (χ4n) is 3.15. The maximum absolute atomic E-state index is 5.29. The van der Waals surface area contributed by atoms with Gasteiger partial charge in [0.25, 0.3) is 0 Å². The average Bonchev–Trinajstić information content (AvgIpc) is 3.49. The summed E-state index contributed by atoms with van der Waals surface area (Å²) in [5, 5.41) is 16.3. The Balaban J connectivity index is 0.000000334. The summed E-state index contributed by atoms with van der Waals surface area (Å²) in [5.74, 6) is 1.37. The Morgan fingerprint density at radius 2 is 1.65 bits per heavy atom. The fraction of sp³-hybridized carbons (Fsp3) is 0.310. The molecule has 0 aliphatic carbocycles. The lowest BCUT2D eigenvalue weighted by atomic mass is 9.87. The van der Waals surface area contributed by atoms with E-state index in [4.69, 9.17) is 4.42 Å². The second-order valence-corrected chi connectivity index (χ2v) is 7.32. The predicted molar refractivity (Wildman–Crippen MR) is 146 cm³/mol. The van der Waals surface area contributed by atoms with E-state index in [9.17, 15) is 0 Å². The maximum Gasteiger partial charge on any atom is 0.247 e. The van der Waals surface area contributed by atoms with Gasteiger partial charge in [0.2, 0.25) is 11.8 Å². The third-order valence-electron chi connectivity index (χ3n) is 4.86. The van der Waals surface area contributed by atoms with Gasteiger partial charge in [0.05, 0.1) is 11.4 Å². The molecule has 0 spiro atoms. The summed E-state index contributed by atoms with van der Waals surface area (Å²) in [7, 11) is 0. The Bertz CT molecular complexity index is 1070. The molecule has 3 rings (SSSR count). The highest BCUT2D eigenvalue weighted by Crippen LogP contribution is 2.25. The van der Waals surface area contributed by atoms with Crippen LogP contribution in [0.25, 0.3) is 11.5 Å². The highest BCUT2D eigenvalue weighted by atomic mass is 16.4. The van der Waals surface area contributed by atoms with Crippen molar-refractivity contribution in [3.8, 4) is 11.5 Å². The third kappa shape index (κ3) is 8.07. The van der Waals surface area contributed by atoms with E-state index in [0.717, 1.165) is 41.0 Å². The molecule has 0 radical (unpaired) electrons. The number of aryl methyl sites for hydroxylation is 2. The minimum absolute atomic E-state index is 0.193. The van der Waals surface area contributed by atoms with Gasteiger partial charge in [-0.05, 0) is 43.0 Å². The van der Waals surface area contributed by atoms with Crippen molar-refractivity contribution in [3.05, 3.63) is 97.0 Å². The van der Waals surface area contributed by atoms with E-state index in [1.54, 1.807) is 19.1 Å². The van der Waals surface area contributed by atoms with Gasteiger partial charge in [0.15, 0.2) is 0 Å². The summed E-state index contributed by atoms with van der Waals surface area (Å²) in [6.07, 6.45) is 11.5. The molecule has 1 aromatic heterocycles. The summed E-state index contributed by atoms with van der Waals surface area (Å²) in [6, 6.07) is 7.99. The Morgan fingerprint density at radius 3 is 2.15 bits per heavy atom. The smallest absolute Gasteiger partial charge is 0.247 e. The third-order valence-corrected chi connectivity index (χ3v) is 4.86. The molecule has 1 aliphatic rings. The molecular weight excluding hydrogens is 420 g/mol. The number of hydrogen-bond donors (Lipinski definition) is 0. The molecule has 5 heteroatoms. The second kappa shape index (κ2) is 15.3. The molecule has 0 amide bonds. The molecule has 180 valence electrons. The summed E-state index contributed by atoms with van der Waals surface area (Å²) in [4.78, 5) is 0. The lowest BCUT2D eigenvalue weighted by molar-refractivity contribution is 0.533. The van der Waals surface area contributed by atoms with Crippen LogP contribution in [0.1, 0.15) is 52.0 Å². The highest BCUT2D eigenvalue weighted by Gasteiger charge is 2.27. The van der Waals surface area contributed by atoms with Crippen LogP contribution in [0.15, 0.2) is 100 Å². The molecule has 5 nitrogen and oxygen atoms in total. The average molecular weight is 459 g/mol. The van der Waals surface area contributed by atoms with Crippen molar-refractivity contribution < 1.29 is 4.42 Å². The summed E-state index contributed by atoms with van der Waals surface area (Å²) >= 11 is 0. The van der Waals surface area contributed by atoms with Crippen LogP contribution < -0.4 is 0 Å². The monoisotopic (exact) mass is 458 g/mol. The normalized spacial score (nSPS) is 14.9. The molecule has 2 heterocycles. The summed E-state index contributed by atoms with van der Waals surface area (Å²) < 4.78 is 5.29. The Labute approximate surface area is 205 Å². The van der Waals surface area contributed by atoms with Crippen molar-refractivity contribution in [1.82, 2.24) is 10.2 Å². The fourth-order valence-corrected chi connectivity index (χ4v) is 3.15. The molecule has 1 unspecified atom stereocenters. The van der Waals surface area contributed by atoms with E-state index in [0.29, 0.717) is 11.8 Å². The second-order valence-electron chi connectivity index (χ2n) is 7.32. The molecule has 1 aliphatic heterocycles. The van der Waals surface area contributed by atoms with E-state index in [1.807, 2.05) is 57.2 Å². The Kier molecular flexibility index (Phi) is 12.8. The number of hydrogen-bond acceptors (Lipinski definition) is 5. The van der Waals surface area contributed by atoms with E-state index in [2.05, 4.69) is 60.1 Å². The molecular formula is C29H38N4O. The highest BCUT2D eigenvalue weighted by molar-refractivity contribution is 6.23. The quantitative estimate of drug-likeness (QED) is 0.376. The molecule has 0 N–H and O–H groups in total. The first-order chi connectivity index (χ1) is 16.4. The van der Waals surface area contributed by atoms with Gasteiger partial charge in [0.1, 0.15) is 0 Å². The molecule has 0 saturated carbocycles. The zero-order valence-corrected chi connectivity index (χ0v) is 21.5. The van der Waals surface area contributed by atoms with E-state index >= 15 is 0 Å². The van der Waals surface area contributed by atoms with Crippen molar-refractivity contribution >= 4 is 11.4 Å². The van der Waals surface area contributed by atoms with Crippen LogP contribution in [0.4, 0.5) is 0 Å². The summed E-state index contributed by atoms with van der Waals surface area (Å²) in [5.41, 5.74) is 6.02. The lowest BCUT2D eigenvalue weighted by Gasteiger charge is -2.14. The van der Waals surface area contributed by atoms with Gasteiger partial charge >= 0.3 is 0 Å². The van der Waals surface area contributed by atoms with Crippen LogP contribution >= 0.6 is 0 Å². The van der Waals surface area contributed by atoms with Crippen LogP contribution in [-0.2, 0) is 0 Å². The number of nitrogens with zero attached hydrogens (tertiary/aromatic N) is 4. The maximum atomic E-state index is 5.29. The van der Waals surface area contributed by atoms with Gasteiger partial charge in [-0.3, -0.25) is 0 Å². The van der Waals surface area contributed by atoms with Crippen LogP contribution in [0.2, 0.25) is 0 Å². The number of rotatable bonds is 8. The first-order valence-corrected chi connectivity index (χ1v) is 11.8. The predicted octanol–water partition coefficient (Wildman–Crippen LogP) is 8.02. The molecule has 0 bridgehead atoms. The molecule has 1 atom stereocenters. The largest absolute Gasteiger partial charge is 0.421 e. The minimum atomic E-state index is 0.193. The standard InChI is InChI=1S/C17H22N2.C10H10N2O.C2H6/c1-6-10-12-13(5)16-15(9-4)17(19-18-16)14(8-3)11-7-2;1-7-3-5-9(6-4-7)10-12-11-8(2)13-10;1-2/h7-8,10-12,15H,2-3,5-6,9H2,1,4H3;3-6H,1-2H3;1-2H3/b12-10-,14-11+;;. The van der Waals surface area contributed by atoms with Crippen LogP contribution in [0, 0.1) is 19.8 Å². The van der Waals surface area contributed by atoms with Gasteiger partial charge in [-0.1, -0.05) is 95.5 Å².